The molecule has 0 aliphatic carbocycles. The van der Waals surface area contributed by atoms with E-state index in [1.54, 1.807) is 6.21 Å². The SMILES string of the molecule is NC(=CC=NC[C@@H]1CCCN1C(=O)c1c(-c2ccccc2)nc2ccccn12)c1ccccc1. The lowest BCUT2D eigenvalue weighted by Crippen LogP contribution is -2.38. The molecule has 4 aromatic rings. The number of aromatic nitrogens is 2. The van der Waals surface area contributed by atoms with Crippen LogP contribution in [0.25, 0.3) is 22.6 Å². The van der Waals surface area contributed by atoms with Gasteiger partial charge in [0, 0.05) is 30.2 Å². The molecule has 1 saturated heterocycles. The number of benzene rings is 2. The van der Waals surface area contributed by atoms with Gasteiger partial charge in [-0.15, -0.1) is 0 Å². The van der Waals surface area contributed by atoms with Crippen LogP contribution in [0.3, 0.4) is 0 Å². The Hall–Kier alpha value is -4.19. The molecule has 1 atom stereocenters. The molecule has 6 heteroatoms. The Labute approximate surface area is 199 Å². The van der Waals surface area contributed by atoms with Gasteiger partial charge in [0.05, 0.1) is 12.6 Å². The number of carbonyl (C=O) groups is 1. The third-order valence-corrected chi connectivity index (χ3v) is 6.20. The van der Waals surface area contributed by atoms with Gasteiger partial charge < -0.3 is 10.6 Å². The summed E-state index contributed by atoms with van der Waals surface area (Å²) in [7, 11) is 0. The van der Waals surface area contributed by atoms with Crippen molar-refractivity contribution >= 4 is 23.5 Å². The largest absolute Gasteiger partial charge is 0.398 e. The summed E-state index contributed by atoms with van der Waals surface area (Å²) in [5.41, 5.74) is 10.8. The number of hydrogen-bond donors (Lipinski definition) is 1. The molecule has 1 aliphatic rings. The lowest BCUT2D eigenvalue weighted by atomic mass is 10.1. The van der Waals surface area contributed by atoms with Crippen molar-refractivity contribution < 1.29 is 4.79 Å². The van der Waals surface area contributed by atoms with Crippen molar-refractivity contribution in [3.63, 3.8) is 0 Å². The maximum absolute atomic E-state index is 13.8. The number of carbonyl (C=O) groups excluding carboxylic acids is 1. The van der Waals surface area contributed by atoms with Crippen LogP contribution in [0.5, 0.6) is 0 Å². The Morgan fingerprint density at radius 3 is 2.56 bits per heavy atom. The molecule has 34 heavy (non-hydrogen) atoms. The minimum absolute atomic E-state index is 0.00501. The van der Waals surface area contributed by atoms with Gasteiger partial charge >= 0.3 is 0 Å². The van der Waals surface area contributed by atoms with Gasteiger partial charge in [-0.05, 0) is 36.6 Å². The predicted molar refractivity (Wildman–Crippen MR) is 137 cm³/mol. The fourth-order valence-corrected chi connectivity index (χ4v) is 4.47. The minimum atomic E-state index is -0.00501. The van der Waals surface area contributed by atoms with E-state index in [1.807, 2.05) is 100 Å². The van der Waals surface area contributed by atoms with E-state index >= 15 is 0 Å². The van der Waals surface area contributed by atoms with Gasteiger partial charge in [-0.2, -0.15) is 0 Å². The zero-order valence-electron chi connectivity index (χ0n) is 18.9. The van der Waals surface area contributed by atoms with Crippen molar-refractivity contribution in [1.29, 1.82) is 0 Å². The molecule has 0 saturated carbocycles. The van der Waals surface area contributed by atoms with Crippen molar-refractivity contribution in [2.75, 3.05) is 13.1 Å². The summed E-state index contributed by atoms with van der Waals surface area (Å²) in [5, 5.41) is 0. The molecule has 3 heterocycles. The van der Waals surface area contributed by atoms with Gasteiger partial charge in [0.15, 0.2) is 0 Å². The zero-order chi connectivity index (χ0) is 23.3. The molecule has 0 unspecified atom stereocenters. The second-order valence-electron chi connectivity index (χ2n) is 8.40. The number of hydrogen-bond acceptors (Lipinski definition) is 4. The summed E-state index contributed by atoms with van der Waals surface area (Å²) in [6.07, 6.45) is 7.35. The number of fused-ring (bicyclic) bond motifs is 1. The number of nitrogens with zero attached hydrogens (tertiary/aromatic N) is 4. The third kappa shape index (κ3) is 4.35. The quantitative estimate of drug-likeness (QED) is 0.435. The molecule has 1 aliphatic heterocycles. The lowest BCUT2D eigenvalue weighted by Gasteiger charge is -2.23. The van der Waals surface area contributed by atoms with Crippen LogP contribution in [0.4, 0.5) is 0 Å². The van der Waals surface area contributed by atoms with Gasteiger partial charge in [0.1, 0.15) is 17.0 Å². The van der Waals surface area contributed by atoms with E-state index in [2.05, 4.69) is 4.99 Å². The maximum Gasteiger partial charge on any atom is 0.273 e. The first kappa shape index (κ1) is 21.6. The van der Waals surface area contributed by atoms with Crippen molar-refractivity contribution in [2.24, 2.45) is 10.7 Å². The van der Waals surface area contributed by atoms with E-state index in [-0.39, 0.29) is 11.9 Å². The second-order valence-corrected chi connectivity index (χ2v) is 8.40. The smallest absolute Gasteiger partial charge is 0.273 e. The normalized spacial score (nSPS) is 16.5. The molecule has 5 rings (SSSR count). The van der Waals surface area contributed by atoms with Crippen molar-refractivity contribution in [1.82, 2.24) is 14.3 Å². The molecule has 2 N–H and O–H groups in total. The fourth-order valence-electron chi connectivity index (χ4n) is 4.47. The van der Waals surface area contributed by atoms with E-state index in [4.69, 9.17) is 10.7 Å². The van der Waals surface area contributed by atoms with Crippen molar-refractivity contribution in [3.05, 3.63) is 102 Å². The number of allylic oxidation sites excluding steroid dienone is 1. The average molecular weight is 450 g/mol. The summed E-state index contributed by atoms with van der Waals surface area (Å²) in [4.78, 5) is 25.1. The molecular weight excluding hydrogens is 422 g/mol. The maximum atomic E-state index is 13.8. The second kappa shape index (κ2) is 9.75. The Morgan fingerprint density at radius 1 is 1.03 bits per heavy atom. The first-order chi connectivity index (χ1) is 16.7. The van der Waals surface area contributed by atoms with Crippen LogP contribution in [0.15, 0.2) is 96.1 Å². The van der Waals surface area contributed by atoms with Gasteiger partial charge in [0.25, 0.3) is 5.91 Å². The van der Waals surface area contributed by atoms with Gasteiger partial charge in [-0.1, -0.05) is 66.7 Å². The number of rotatable bonds is 6. The molecule has 2 aromatic heterocycles. The van der Waals surface area contributed by atoms with Crippen LogP contribution in [0.1, 0.15) is 28.9 Å². The predicted octanol–water partition coefficient (Wildman–Crippen LogP) is 4.68. The monoisotopic (exact) mass is 449 g/mol. The summed E-state index contributed by atoms with van der Waals surface area (Å²) in [6.45, 7) is 1.26. The number of likely N-dealkylation sites (tertiary alicyclic amines) is 1. The summed E-state index contributed by atoms with van der Waals surface area (Å²) in [6, 6.07) is 25.5. The molecule has 1 amide bonds. The summed E-state index contributed by atoms with van der Waals surface area (Å²) < 4.78 is 1.90. The van der Waals surface area contributed by atoms with E-state index < -0.39 is 0 Å². The zero-order valence-corrected chi connectivity index (χ0v) is 18.9. The van der Waals surface area contributed by atoms with Crippen molar-refractivity contribution in [3.8, 4) is 11.3 Å². The van der Waals surface area contributed by atoms with E-state index in [0.29, 0.717) is 23.6 Å². The van der Waals surface area contributed by atoms with Crippen LogP contribution < -0.4 is 5.73 Å². The van der Waals surface area contributed by atoms with Crippen LogP contribution in [-0.2, 0) is 0 Å². The molecule has 0 spiro atoms. The molecule has 0 radical (unpaired) electrons. The number of imidazole rings is 1. The Bertz CT molecular complexity index is 1340. The van der Waals surface area contributed by atoms with Crippen molar-refractivity contribution in [2.45, 2.75) is 18.9 Å². The Kier molecular flexibility index (Phi) is 6.21. The van der Waals surface area contributed by atoms with Crippen LogP contribution >= 0.6 is 0 Å². The highest BCUT2D eigenvalue weighted by molar-refractivity contribution is 6.00. The first-order valence-corrected chi connectivity index (χ1v) is 11.6. The number of aliphatic imine (C=N–C) groups is 1. The highest BCUT2D eigenvalue weighted by Gasteiger charge is 2.32. The van der Waals surface area contributed by atoms with Crippen LogP contribution in [0, 0.1) is 0 Å². The van der Waals surface area contributed by atoms with E-state index in [0.717, 1.165) is 36.2 Å². The van der Waals surface area contributed by atoms with Gasteiger partial charge in [0.2, 0.25) is 0 Å². The van der Waals surface area contributed by atoms with Crippen LogP contribution in [0.2, 0.25) is 0 Å². The summed E-state index contributed by atoms with van der Waals surface area (Å²) >= 11 is 0. The van der Waals surface area contributed by atoms with Gasteiger partial charge in [-0.25, -0.2) is 4.98 Å². The molecule has 6 nitrogen and oxygen atoms in total. The molecule has 1 fully saturated rings. The fraction of sp³-hybridized carbons (Fsp3) is 0.179. The van der Waals surface area contributed by atoms with Gasteiger partial charge in [-0.3, -0.25) is 14.2 Å². The molecular formula is C28H27N5O. The molecule has 2 aromatic carbocycles. The number of amides is 1. The first-order valence-electron chi connectivity index (χ1n) is 11.6. The number of pyridine rings is 1. The van der Waals surface area contributed by atoms with Crippen LogP contribution in [-0.4, -0.2) is 45.5 Å². The lowest BCUT2D eigenvalue weighted by molar-refractivity contribution is 0.0735. The minimum Gasteiger partial charge on any atom is -0.398 e. The number of nitrogens with two attached hydrogens (primary N) is 1. The molecule has 0 bridgehead atoms. The average Bonchev–Trinajstić information content (AvgIpc) is 3.52. The Balaban J connectivity index is 1.38. The highest BCUT2D eigenvalue weighted by Crippen LogP contribution is 2.28. The third-order valence-electron chi connectivity index (χ3n) is 6.20. The van der Waals surface area contributed by atoms with E-state index in [9.17, 15) is 4.79 Å². The summed E-state index contributed by atoms with van der Waals surface area (Å²) in [5.74, 6) is -0.00501. The molecule has 170 valence electrons. The standard InChI is InChI=1S/C28H27N5O/c29-24(21-10-3-1-4-11-21)16-17-30-20-23-14-9-19-32(23)28(34)27-26(22-12-5-2-6-13-22)31-25-15-7-8-18-33(25)27/h1-8,10-13,15-18,23H,9,14,19-20,29H2/t23-/m0/s1. The van der Waals surface area contributed by atoms with E-state index in [1.165, 1.54) is 0 Å². The topological polar surface area (TPSA) is 76.0 Å². The highest BCUT2D eigenvalue weighted by atomic mass is 16.2. The Morgan fingerprint density at radius 2 is 1.76 bits per heavy atom.